The highest BCUT2D eigenvalue weighted by Gasteiger charge is 2.51. The number of benzene rings is 4. The number of rotatable bonds is 9. The molecule has 0 bridgehead atoms. The summed E-state index contributed by atoms with van der Waals surface area (Å²) >= 11 is 0. The van der Waals surface area contributed by atoms with Crippen LogP contribution >= 0.6 is 0 Å². The van der Waals surface area contributed by atoms with Gasteiger partial charge in [0.2, 0.25) is 0 Å². The summed E-state index contributed by atoms with van der Waals surface area (Å²) < 4.78 is 7.43. The summed E-state index contributed by atoms with van der Waals surface area (Å²) in [5, 5.41) is 13.4. The molecule has 0 aromatic heterocycles. The minimum absolute atomic E-state index is 0.138. The Balaban J connectivity index is 1.71. The molecule has 0 aliphatic carbocycles. The molecule has 2 atom stereocenters. The fourth-order valence-electron chi connectivity index (χ4n) is 5.13. The third-order valence-corrected chi connectivity index (χ3v) is 12.1. The molecular weight excluding hydrogens is 480 g/mol. The Hall–Kier alpha value is -3.42. The van der Waals surface area contributed by atoms with E-state index >= 15 is 0 Å². The first-order valence-electron chi connectivity index (χ1n) is 13.5. The Morgan fingerprint density at radius 1 is 0.711 bits per heavy atom. The summed E-state index contributed by atoms with van der Waals surface area (Å²) in [6, 6.07) is 41.7. The zero-order valence-corrected chi connectivity index (χ0v) is 23.7. The van der Waals surface area contributed by atoms with E-state index in [9.17, 15) is 5.11 Å². The van der Waals surface area contributed by atoms with Crippen molar-refractivity contribution in [3.63, 3.8) is 0 Å². The van der Waals surface area contributed by atoms with E-state index in [0.29, 0.717) is 6.42 Å². The minimum atomic E-state index is -2.76. The van der Waals surface area contributed by atoms with Gasteiger partial charge in [-0.2, -0.15) is 0 Å². The monoisotopic (exact) mass is 518 g/mol. The van der Waals surface area contributed by atoms with Crippen molar-refractivity contribution in [1.29, 1.82) is 0 Å². The molecule has 0 spiro atoms. The van der Waals surface area contributed by atoms with E-state index < -0.39 is 14.4 Å². The van der Waals surface area contributed by atoms with E-state index in [1.807, 2.05) is 36.4 Å². The molecule has 0 aliphatic rings. The van der Waals surface area contributed by atoms with Gasteiger partial charge in [0.25, 0.3) is 8.32 Å². The molecular formula is C35H38O2Si. The average Bonchev–Trinajstić information content (AvgIpc) is 2.95. The second-order valence-electron chi connectivity index (χ2n) is 10.8. The summed E-state index contributed by atoms with van der Waals surface area (Å²) in [6.07, 6.45) is 1.19. The lowest BCUT2D eigenvalue weighted by Gasteiger charge is -2.45. The molecule has 0 fully saturated rings. The molecule has 4 rings (SSSR count). The van der Waals surface area contributed by atoms with E-state index in [1.54, 1.807) is 0 Å². The van der Waals surface area contributed by atoms with Gasteiger partial charge in [-0.25, -0.2) is 0 Å². The maximum atomic E-state index is 11.1. The molecule has 4 aromatic rings. The van der Waals surface area contributed by atoms with Gasteiger partial charge in [-0.1, -0.05) is 142 Å². The lowest BCUT2D eigenvalue weighted by atomic mass is 10.0. The molecule has 0 aliphatic heterocycles. The van der Waals surface area contributed by atoms with Crippen molar-refractivity contribution in [3.8, 4) is 11.8 Å². The van der Waals surface area contributed by atoms with Gasteiger partial charge in [-0.3, -0.25) is 0 Å². The average molecular weight is 519 g/mol. The van der Waals surface area contributed by atoms with Crippen LogP contribution in [0.4, 0.5) is 0 Å². The number of aliphatic hydroxyl groups excluding tert-OH is 1. The van der Waals surface area contributed by atoms with Crippen molar-refractivity contribution in [1.82, 2.24) is 0 Å². The number of aliphatic hydroxyl groups is 1. The highest BCUT2D eigenvalue weighted by Crippen LogP contribution is 2.38. The van der Waals surface area contributed by atoms with Crippen molar-refractivity contribution in [2.24, 2.45) is 0 Å². The van der Waals surface area contributed by atoms with E-state index in [-0.39, 0.29) is 11.1 Å². The molecule has 38 heavy (non-hydrogen) atoms. The number of hydrogen-bond donors (Lipinski definition) is 1. The summed E-state index contributed by atoms with van der Waals surface area (Å²) in [6.45, 7) is 6.87. The van der Waals surface area contributed by atoms with Crippen LogP contribution in [0.2, 0.25) is 5.04 Å². The molecule has 4 aromatic carbocycles. The lowest BCUT2D eigenvalue weighted by molar-refractivity contribution is 0.112. The predicted octanol–water partition coefficient (Wildman–Crippen LogP) is 6.37. The Bertz CT molecular complexity index is 1260. The van der Waals surface area contributed by atoms with E-state index in [2.05, 4.69) is 118 Å². The molecule has 0 saturated heterocycles. The van der Waals surface area contributed by atoms with Crippen LogP contribution in [-0.4, -0.2) is 25.6 Å². The van der Waals surface area contributed by atoms with E-state index in [4.69, 9.17) is 4.43 Å². The van der Waals surface area contributed by atoms with Gasteiger partial charge in [-0.05, 0) is 45.9 Å². The maximum absolute atomic E-state index is 11.1. The zero-order chi connectivity index (χ0) is 26.8. The highest BCUT2D eigenvalue weighted by molar-refractivity contribution is 6.99. The zero-order valence-electron chi connectivity index (χ0n) is 22.7. The molecule has 1 N–H and O–H groups in total. The Morgan fingerprint density at radius 3 is 1.68 bits per heavy atom. The largest absolute Gasteiger partial charge is 0.404 e. The van der Waals surface area contributed by atoms with Crippen LogP contribution in [0.25, 0.3) is 0 Å². The van der Waals surface area contributed by atoms with Crippen LogP contribution in [-0.2, 0) is 10.8 Å². The standard InChI is InChI=1S/C35H38O2Si/c1-35(2,3)38(33-20-12-6-13-21-33,34-22-14-7-15-23-34)37-32(27-25-30-18-10-5-11-19-30)28-31(36)26-24-29-16-8-4-9-17-29/h4-23,31-32,36H,25,27-28H2,1-3H3/t31-,32+/m1/s1. The van der Waals surface area contributed by atoms with Crippen LogP contribution < -0.4 is 10.4 Å². The van der Waals surface area contributed by atoms with Gasteiger partial charge in [0.15, 0.2) is 0 Å². The third kappa shape index (κ3) is 6.91. The molecule has 0 unspecified atom stereocenters. The third-order valence-electron chi connectivity index (χ3n) is 7.00. The summed E-state index contributed by atoms with van der Waals surface area (Å²) in [7, 11) is -2.76. The van der Waals surface area contributed by atoms with Crippen LogP contribution in [0.5, 0.6) is 0 Å². The summed E-state index contributed by atoms with van der Waals surface area (Å²) in [5.41, 5.74) is 2.17. The molecule has 2 nitrogen and oxygen atoms in total. The molecule has 0 radical (unpaired) electrons. The molecule has 0 heterocycles. The lowest BCUT2D eigenvalue weighted by Crippen LogP contribution is -2.67. The maximum Gasteiger partial charge on any atom is 0.261 e. The van der Waals surface area contributed by atoms with Gasteiger partial charge in [-0.15, -0.1) is 0 Å². The Morgan fingerprint density at radius 2 is 1.18 bits per heavy atom. The minimum Gasteiger partial charge on any atom is -0.404 e. The van der Waals surface area contributed by atoms with E-state index in [0.717, 1.165) is 18.4 Å². The SMILES string of the molecule is CC(C)(C)[Si](O[C@@H](CCc1ccccc1)C[C@H](O)C#Cc1ccccc1)(c1ccccc1)c1ccccc1. The predicted molar refractivity (Wildman–Crippen MR) is 161 cm³/mol. The van der Waals surface area contributed by atoms with Gasteiger partial charge >= 0.3 is 0 Å². The number of hydrogen-bond acceptors (Lipinski definition) is 2. The summed E-state index contributed by atoms with van der Waals surface area (Å²) in [4.78, 5) is 0. The van der Waals surface area contributed by atoms with Gasteiger partial charge in [0, 0.05) is 18.1 Å². The first-order valence-corrected chi connectivity index (χ1v) is 15.4. The van der Waals surface area contributed by atoms with Crippen molar-refractivity contribution in [2.75, 3.05) is 0 Å². The van der Waals surface area contributed by atoms with E-state index in [1.165, 1.54) is 15.9 Å². The molecule has 3 heteroatoms. The topological polar surface area (TPSA) is 29.5 Å². The van der Waals surface area contributed by atoms with Crippen LogP contribution in [0.15, 0.2) is 121 Å². The Kier molecular flexibility index (Phi) is 9.37. The molecule has 194 valence electrons. The van der Waals surface area contributed by atoms with Crippen molar-refractivity contribution in [2.45, 2.75) is 57.3 Å². The quantitative estimate of drug-likeness (QED) is 0.206. The first-order chi connectivity index (χ1) is 18.4. The number of aryl methyl sites for hydroxylation is 1. The van der Waals surface area contributed by atoms with Gasteiger partial charge in [0.1, 0.15) is 6.10 Å². The summed E-state index contributed by atoms with van der Waals surface area (Å²) in [5.74, 6) is 6.21. The molecule has 0 amide bonds. The highest BCUT2D eigenvalue weighted by atomic mass is 28.4. The second kappa shape index (κ2) is 12.9. The first kappa shape index (κ1) is 27.6. The second-order valence-corrected chi connectivity index (χ2v) is 15.1. The van der Waals surface area contributed by atoms with Crippen molar-refractivity contribution >= 4 is 18.7 Å². The van der Waals surface area contributed by atoms with Crippen molar-refractivity contribution < 1.29 is 9.53 Å². The van der Waals surface area contributed by atoms with Crippen LogP contribution in [0.1, 0.15) is 44.7 Å². The fraction of sp³-hybridized carbons (Fsp3) is 0.257. The van der Waals surface area contributed by atoms with Gasteiger partial charge in [0.05, 0.1) is 0 Å². The normalized spacial score (nSPS) is 13.3. The smallest absolute Gasteiger partial charge is 0.261 e. The van der Waals surface area contributed by atoms with Crippen LogP contribution in [0.3, 0.4) is 0 Å². The van der Waals surface area contributed by atoms with Crippen molar-refractivity contribution in [3.05, 3.63) is 132 Å². The molecule has 0 saturated carbocycles. The Labute approximate surface area is 229 Å². The van der Waals surface area contributed by atoms with Gasteiger partial charge < -0.3 is 9.53 Å². The fourth-order valence-corrected chi connectivity index (χ4v) is 9.86. The van der Waals surface area contributed by atoms with Crippen LogP contribution in [0, 0.1) is 11.8 Å².